The van der Waals surface area contributed by atoms with Crippen LogP contribution in [-0.2, 0) is 0 Å². The van der Waals surface area contributed by atoms with Crippen molar-refractivity contribution in [1.29, 1.82) is 0 Å². The molecular weight excluding hydrogens is 253 g/mol. The largest absolute Gasteiger partial charge is 0.456 e. The van der Waals surface area contributed by atoms with E-state index < -0.39 is 5.82 Å². The number of para-hydroxylation sites is 1. The van der Waals surface area contributed by atoms with Gasteiger partial charge in [-0.3, -0.25) is 0 Å². The van der Waals surface area contributed by atoms with Crippen LogP contribution in [0.5, 0.6) is 0 Å². The molecule has 0 atom stereocenters. The quantitative estimate of drug-likeness (QED) is 0.656. The summed E-state index contributed by atoms with van der Waals surface area (Å²) in [5.41, 5.74) is 7.03. The average Bonchev–Trinajstić information content (AvgIpc) is 2.75. The van der Waals surface area contributed by atoms with E-state index in [1.54, 1.807) is 36.4 Å². The van der Waals surface area contributed by atoms with E-state index in [1.165, 1.54) is 6.07 Å². The van der Waals surface area contributed by atoms with Gasteiger partial charge in [0.15, 0.2) is 0 Å². The second-order valence-electron chi connectivity index (χ2n) is 3.99. The number of hydrogen-bond donors (Lipinski definition) is 1. The fourth-order valence-electron chi connectivity index (χ4n) is 1.90. The third kappa shape index (κ3) is 1.73. The van der Waals surface area contributed by atoms with Gasteiger partial charge in [-0.2, -0.15) is 0 Å². The number of anilines is 1. The number of halogens is 2. The zero-order valence-corrected chi connectivity index (χ0v) is 10.0. The van der Waals surface area contributed by atoms with Gasteiger partial charge in [-0.1, -0.05) is 17.7 Å². The van der Waals surface area contributed by atoms with Gasteiger partial charge in [-0.25, -0.2) is 4.39 Å². The maximum Gasteiger partial charge on any atom is 0.146 e. The Bertz CT molecular complexity index is 736. The summed E-state index contributed by atoms with van der Waals surface area (Å²) in [7, 11) is 0. The highest BCUT2D eigenvalue weighted by molar-refractivity contribution is 6.31. The number of nitrogens with two attached hydrogens (primary N) is 1. The molecule has 0 aliphatic rings. The van der Waals surface area contributed by atoms with Gasteiger partial charge in [-0.15, -0.1) is 0 Å². The summed E-state index contributed by atoms with van der Waals surface area (Å²) in [6.07, 6.45) is 0. The molecule has 2 aromatic carbocycles. The van der Waals surface area contributed by atoms with Crippen LogP contribution >= 0.6 is 11.6 Å². The minimum Gasteiger partial charge on any atom is -0.456 e. The number of furan rings is 1. The first-order chi connectivity index (χ1) is 8.65. The van der Waals surface area contributed by atoms with Gasteiger partial charge in [0.25, 0.3) is 0 Å². The molecule has 0 aliphatic carbocycles. The Morgan fingerprint density at radius 2 is 1.94 bits per heavy atom. The van der Waals surface area contributed by atoms with E-state index in [1.807, 2.05) is 0 Å². The highest BCUT2D eigenvalue weighted by Gasteiger charge is 2.11. The average molecular weight is 262 g/mol. The SMILES string of the molecule is Nc1c(F)cccc1-c1cc2cc(Cl)ccc2o1. The van der Waals surface area contributed by atoms with Crippen LogP contribution in [-0.4, -0.2) is 0 Å². The summed E-state index contributed by atoms with van der Waals surface area (Å²) in [6.45, 7) is 0. The van der Waals surface area contributed by atoms with E-state index in [0.717, 1.165) is 5.39 Å². The van der Waals surface area contributed by atoms with Gasteiger partial charge in [0, 0.05) is 16.0 Å². The van der Waals surface area contributed by atoms with Crippen LogP contribution in [0.4, 0.5) is 10.1 Å². The first-order valence-corrected chi connectivity index (χ1v) is 5.76. The van der Waals surface area contributed by atoms with Crippen LogP contribution in [0.1, 0.15) is 0 Å². The van der Waals surface area contributed by atoms with Gasteiger partial charge in [-0.05, 0) is 36.4 Å². The molecule has 4 heteroatoms. The first-order valence-electron chi connectivity index (χ1n) is 5.38. The molecule has 2 N–H and O–H groups in total. The number of nitrogen functional groups attached to an aromatic ring is 1. The molecule has 90 valence electrons. The van der Waals surface area contributed by atoms with Gasteiger partial charge in [0.2, 0.25) is 0 Å². The molecule has 0 bridgehead atoms. The summed E-state index contributed by atoms with van der Waals surface area (Å²) in [4.78, 5) is 0. The molecule has 1 heterocycles. The third-order valence-electron chi connectivity index (χ3n) is 2.80. The van der Waals surface area contributed by atoms with Crippen molar-refractivity contribution in [3.8, 4) is 11.3 Å². The maximum atomic E-state index is 13.4. The summed E-state index contributed by atoms with van der Waals surface area (Å²) in [6, 6.07) is 11.7. The zero-order chi connectivity index (χ0) is 12.7. The van der Waals surface area contributed by atoms with Gasteiger partial charge in [0.1, 0.15) is 17.2 Å². The fraction of sp³-hybridized carbons (Fsp3) is 0. The monoisotopic (exact) mass is 261 g/mol. The van der Waals surface area contributed by atoms with E-state index in [0.29, 0.717) is 21.9 Å². The highest BCUT2D eigenvalue weighted by atomic mass is 35.5. The predicted molar refractivity (Wildman–Crippen MR) is 71.0 cm³/mol. The maximum absolute atomic E-state index is 13.4. The standard InChI is InChI=1S/C14H9ClFNO/c15-9-4-5-12-8(6-9)7-13(18-12)10-2-1-3-11(16)14(10)17/h1-7H,17H2. The van der Waals surface area contributed by atoms with Crippen LogP contribution < -0.4 is 5.73 Å². The fourth-order valence-corrected chi connectivity index (χ4v) is 2.08. The van der Waals surface area contributed by atoms with E-state index >= 15 is 0 Å². The lowest BCUT2D eigenvalue weighted by molar-refractivity contribution is 0.622. The van der Waals surface area contributed by atoms with Crippen molar-refractivity contribution < 1.29 is 8.81 Å². The summed E-state index contributed by atoms with van der Waals surface area (Å²) >= 11 is 5.90. The topological polar surface area (TPSA) is 39.2 Å². The Morgan fingerprint density at radius 1 is 1.11 bits per heavy atom. The van der Waals surface area contributed by atoms with Crippen molar-refractivity contribution in [2.75, 3.05) is 5.73 Å². The summed E-state index contributed by atoms with van der Waals surface area (Å²) in [5, 5.41) is 1.49. The van der Waals surface area contributed by atoms with E-state index in [4.69, 9.17) is 21.8 Å². The predicted octanol–water partition coefficient (Wildman–Crippen LogP) is 4.47. The van der Waals surface area contributed by atoms with E-state index in [2.05, 4.69) is 0 Å². The second-order valence-corrected chi connectivity index (χ2v) is 4.43. The van der Waals surface area contributed by atoms with Gasteiger partial charge >= 0.3 is 0 Å². The molecule has 18 heavy (non-hydrogen) atoms. The van der Waals surface area contributed by atoms with Crippen molar-refractivity contribution in [3.05, 3.63) is 53.3 Å². The Labute approximate surface area is 108 Å². The molecule has 0 aliphatic heterocycles. The van der Waals surface area contributed by atoms with Crippen LogP contribution in [0.25, 0.3) is 22.3 Å². The number of fused-ring (bicyclic) bond motifs is 1. The normalized spacial score (nSPS) is 11.0. The molecule has 0 saturated carbocycles. The molecule has 0 amide bonds. The van der Waals surface area contributed by atoms with E-state index in [-0.39, 0.29) is 5.69 Å². The molecule has 0 radical (unpaired) electrons. The summed E-state index contributed by atoms with van der Waals surface area (Å²) in [5.74, 6) is 0.0789. The smallest absolute Gasteiger partial charge is 0.146 e. The van der Waals surface area contributed by atoms with Crippen molar-refractivity contribution in [2.24, 2.45) is 0 Å². The summed E-state index contributed by atoms with van der Waals surface area (Å²) < 4.78 is 19.0. The van der Waals surface area contributed by atoms with Crippen molar-refractivity contribution in [3.63, 3.8) is 0 Å². The third-order valence-corrected chi connectivity index (χ3v) is 3.03. The lowest BCUT2D eigenvalue weighted by Gasteiger charge is -2.02. The minimum absolute atomic E-state index is 0.0858. The molecule has 0 unspecified atom stereocenters. The molecular formula is C14H9ClFNO. The molecule has 0 saturated heterocycles. The number of hydrogen-bond acceptors (Lipinski definition) is 2. The second kappa shape index (κ2) is 4.03. The van der Waals surface area contributed by atoms with Crippen LogP contribution in [0.3, 0.4) is 0 Å². The molecule has 0 spiro atoms. The van der Waals surface area contributed by atoms with Gasteiger partial charge < -0.3 is 10.2 Å². The van der Waals surface area contributed by atoms with E-state index in [9.17, 15) is 4.39 Å². The lowest BCUT2D eigenvalue weighted by Crippen LogP contribution is -1.92. The van der Waals surface area contributed by atoms with Crippen molar-refractivity contribution in [1.82, 2.24) is 0 Å². The lowest BCUT2D eigenvalue weighted by atomic mass is 10.1. The van der Waals surface area contributed by atoms with Crippen LogP contribution in [0.2, 0.25) is 5.02 Å². The Hall–Kier alpha value is -2.00. The Balaban J connectivity index is 2.22. The Morgan fingerprint density at radius 3 is 2.78 bits per heavy atom. The Kier molecular flexibility index (Phi) is 2.49. The minimum atomic E-state index is -0.453. The highest BCUT2D eigenvalue weighted by Crippen LogP contribution is 2.33. The number of benzene rings is 2. The van der Waals surface area contributed by atoms with Crippen molar-refractivity contribution in [2.45, 2.75) is 0 Å². The van der Waals surface area contributed by atoms with Crippen LogP contribution in [0, 0.1) is 5.82 Å². The molecule has 1 aromatic heterocycles. The molecule has 3 aromatic rings. The zero-order valence-electron chi connectivity index (χ0n) is 9.28. The molecule has 2 nitrogen and oxygen atoms in total. The first kappa shape index (κ1) is 11.1. The van der Waals surface area contributed by atoms with Crippen LogP contribution in [0.15, 0.2) is 46.9 Å². The van der Waals surface area contributed by atoms with Gasteiger partial charge in [0.05, 0.1) is 5.69 Å². The number of rotatable bonds is 1. The molecule has 3 rings (SSSR count). The molecule has 0 fully saturated rings. The van der Waals surface area contributed by atoms with Crippen molar-refractivity contribution >= 4 is 28.3 Å².